The number of carbonyl (C=O) groups is 1. The monoisotopic (exact) mass is 279 g/mol. The van der Waals surface area contributed by atoms with Crippen molar-refractivity contribution in [2.75, 3.05) is 13.2 Å². The molecule has 114 valence electrons. The fourth-order valence-electron chi connectivity index (χ4n) is 4.47. The molecule has 2 aliphatic rings. The third-order valence-electron chi connectivity index (χ3n) is 5.26. The van der Waals surface area contributed by atoms with E-state index in [1.807, 2.05) is 0 Å². The Morgan fingerprint density at radius 1 is 1.40 bits per heavy atom. The minimum atomic E-state index is -0.312. The van der Waals surface area contributed by atoms with Crippen molar-refractivity contribution in [1.29, 1.82) is 0 Å². The maximum atomic E-state index is 11.2. The number of hydrogen-bond donors (Lipinski definition) is 0. The molecule has 1 aliphatic carbocycles. The van der Waals surface area contributed by atoms with Crippen LogP contribution in [0.2, 0.25) is 0 Å². The Labute approximate surface area is 123 Å². The van der Waals surface area contributed by atoms with Gasteiger partial charge in [-0.05, 0) is 44.9 Å². The molecule has 3 nitrogen and oxygen atoms in total. The first kappa shape index (κ1) is 15.6. The second kappa shape index (κ2) is 6.30. The van der Waals surface area contributed by atoms with E-state index in [1.165, 1.54) is 38.2 Å². The summed E-state index contributed by atoms with van der Waals surface area (Å²) in [6.45, 7) is 11.9. The molecular formula is C17H29NO2. The molecule has 0 aromatic heterocycles. The van der Waals surface area contributed by atoms with E-state index in [4.69, 9.17) is 4.74 Å². The van der Waals surface area contributed by atoms with Gasteiger partial charge in [-0.15, -0.1) is 0 Å². The summed E-state index contributed by atoms with van der Waals surface area (Å²) in [5, 5.41) is 0. The van der Waals surface area contributed by atoms with E-state index in [1.54, 1.807) is 0 Å². The zero-order chi connectivity index (χ0) is 14.8. The van der Waals surface area contributed by atoms with Gasteiger partial charge in [0.1, 0.15) is 6.61 Å². The molecule has 1 heterocycles. The van der Waals surface area contributed by atoms with Gasteiger partial charge in [0.15, 0.2) is 0 Å². The Hall–Kier alpha value is -0.830. The zero-order valence-electron chi connectivity index (χ0n) is 13.2. The van der Waals surface area contributed by atoms with Crippen LogP contribution in [0.5, 0.6) is 0 Å². The topological polar surface area (TPSA) is 29.5 Å². The van der Waals surface area contributed by atoms with Gasteiger partial charge in [0.25, 0.3) is 0 Å². The number of likely N-dealkylation sites (tertiary alicyclic amines) is 1. The first-order valence-corrected chi connectivity index (χ1v) is 8.01. The first-order chi connectivity index (χ1) is 9.45. The SMILES string of the molecule is C=CC(=O)OCCN1C2CCCCC2C(C)CC1(C)C. The van der Waals surface area contributed by atoms with Gasteiger partial charge in [-0.1, -0.05) is 26.3 Å². The summed E-state index contributed by atoms with van der Waals surface area (Å²) < 4.78 is 5.20. The third-order valence-corrected chi connectivity index (χ3v) is 5.26. The van der Waals surface area contributed by atoms with Crippen LogP contribution < -0.4 is 0 Å². The quantitative estimate of drug-likeness (QED) is 0.583. The minimum absolute atomic E-state index is 0.207. The lowest BCUT2D eigenvalue weighted by Crippen LogP contribution is -2.60. The molecule has 0 bridgehead atoms. The van der Waals surface area contributed by atoms with E-state index in [9.17, 15) is 4.79 Å². The summed E-state index contributed by atoms with van der Waals surface area (Å²) in [6.07, 6.45) is 7.87. The van der Waals surface area contributed by atoms with Gasteiger partial charge >= 0.3 is 5.97 Å². The Morgan fingerprint density at radius 2 is 2.10 bits per heavy atom. The molecule has 1 saturated heterocycles. The van der Waals surface area contributed by atoms with Gasteiger partial charge in [0.2, 0.25) is 0 Å². The van der Waals surface area contributed by atoms with Crippen LogP contribution in [0.4, 0.5) is 0 Å². The summed E-state index contributed by atoms with van der Waals surface area (Å²) in [4.78, 5) is 13.8. The average molecular weight is 279 g/mol. The summed E-state index contributed by atoms with van der Waals surface area (Å²) in [7, 11) is 0. The molecule has 0 spiro atoms. The number of fused-ring (bicyclic) bond motifs is 1. The first-order valence-electron chi connectivity index (χ1n) is 8.01. The lowest BCUT2D eigenvalue weighted by molar-refractivity contribution is -0.140. The Balaban J connectivity index is 2.02. The molecule has 0 aromatic carbocycles. The molecule has 2 fully saturated rings. The molecule has 0 amide bonds. The molecule has 20 heavy (non-hydrogen) atoms. The molecule has 0 aromatic rings. The highest BCUT2D eigenvalue weighted by atomic mass is 16.5. The van der Waals surface area contributed by atoms with Gasteiger partial charge in [0.05, 0.1) is 0 Å². The standard InChI is InChI=1S/C17H29NO2/c1-5-16(19)20-11-10-18-15-9-7-6-8-14(15)13(2)12-17(18,3)4/h5,13-15H,1,6-12H2,2-4H3. The van der Waals surface area contributed by atoms with Gasteiger partial charge < -0.3 is 4.74 Å². The van der Waals surface area contributed by atoms with Crippen molar-refractivity contribution in [3.8, 4) is 0 Å². The number of carbonyl (C=O) groups excluding carboxylic acids is 1. The summed E-state index contributed by atoms with van der Waals surface area (Å²) in [6, 6.07) is 0.671. The summed E-state index contributed by atoms with van der Waals surface area (Å²) in [5.74, 6) is 1.32. The summed E-state index contributed by atoms with van der Waals surface area (Å²) in [5.41, 5.74) is 0.207. The highest BCUT2D eigenvalue weighted by molar-refractivity contribution is 5.81. The number of ether oxygens (including phenoxy) is 1. The maximum absolute atomic E-state index is 11.2. The maximum Gasteiger partial charge on any atom is 0.330 e. The average Bonchev–Trinajstić information content (AvgIpc) is 2.41. The lowest BCUT2D eigenvalue weighted by Gasteiger charge is -2.55. The molecular weight excluding hydrogens is 250 g/mol. The number of hydrogen-bond acceptors (Lipinski definition) is 3. The molecule has 3 unspecified atom stereocenters. The highest BCUT2D eigenvalue weighted by Crippen LogP contribution is 2.44. The Bertz CT molecular complexity index is 364. The largest absolute Gasteiger partial charge is 0.461 e. The van der Waals surface area contributed by atoms with Crippen LogP contribution in [-0.2, 0) is 9.53 Å². The predicted molar refractivity (Wildman–Crippen MR) is 81.5 cm³/mol. The van der Waals surface area contributed by atoms with Crippen LogP contribution in [0.1, 0.15) is 52.9 Å². The van der Waals surface area contributed by atoms with Gasteiger partial charge in [0, 0.05) is 24.2 Å². The van der Waals surface area contributed by atoms with Crippen LogP contribution in [0.15, 0.2) is 12.7 Å². The van der Waals surface area contributed by atoms with Crippen LogP contribution in [0, 0.1) is 11.8 Å². The van der Waals surface area contributed by atoms with E-state index < -0.39 is 0 Å². The fraction of sp³-hybridized carbons (Fsp3) is 0.824. The molecule has 3 atom stereocenters. The van der Waals surface area contributed by atoms with E-state index in [0.717, 1.165) is 18.4 Å². The summed E-state index contributed by atoms with van der Waals surface area (Å²) >= 11 is 0. The number of esters is 1. The highest BCUT2D eigenvalue weighted by Gasteiger charge is 2.45. The van der Waals surface area contributed by atoms with E-state index >= 15 is 0 Å². The second-order valence-corrected chi connectivity index (χ2v) is 7.07. The van der Waals surface area contributed by atoms with Crippen molar-refractivity contribution < 1.29 is 9.53 Å². The number of nitrogens with zero attached hydrogens (tertiary/aromatic N) is 1. The Morgan fingerprint density at radius 3 is 2.80 bits per heavy atom. The molecule has 0 N–H and O–H groups in total. The van der Waals surface area contributed by atoms with Gasteiger partial charge in [-0.25, -0.2) is 4.79 Å². The van der Waals surface area contributed by atoms with Crippen LogP contribution in [-0.4, -0.2) is 35.6 Å². The van der Waals surface area contributed by atoms with Crippen molar-refractivity contribution in [2.45, 2.75) is 64.5 Å². The number of piperidine rings is 1. The Kier molecular flexibility index (Phi) is 4.90. The van der Waals surface area contributed by atoms with E-state index in [0.29, 0.717) is 12.6 Å². The van der Waals surface area contributed by atoms with Crippen LogP contribution in [0.25, 0.3) is 0 Å². The number of rotatable bonds is 4. The van der Waals surface area contributed by atoms with E-state index in [-0.39, 0.29) is 11.5 Å². The minimum Gasteiger partial charge on any atom is -0.461 e. The third kappa shape index (κ3) is 3.25. The molecule has 1 saturated carbocycles. The molecule has 2 rings (SSSR count). The fourth-order valence-corrected chi connectivity index (χ4v) is 4.47. The van der Waals surface area contributed by atoms with Crippen molar-refractivity contribution in [1.82, 2.24) is 4.90 Å². The van der Waals surface area contributed by atoms with Gasteiger partial charge in [-0.3, -0.25) is 4.90 Å². The van der Waals surface area contributed by atoms with Gasteiger partial charge in [-0.2, -0.15) is 0 Å². The van der Waals surface area contributed by atoms with Crippen molar-refractivity contribution in [3.63, 3.8) is 0 Å². The normalized spacial score (nSPS) is 33.2. The molecule has 3 heteroatoms. The van der Waals surface area contributed by atoms with E-state index in [2.05, 4.69) is 32.3 Å². The zero-order valence-corrected chi connectivity index (χ0v) is 13.2. The van der Waals surface area contributed by atoms with Crippen molar-refractivity contribution in [2.24, 2.45) is 11.8 Å². The smallest absolute Gasteiger partial charge is 0.330 e. The predicted octanol–water partition coefficient (Wildman–Crippen LogP) is 3.39. The van der Waals surface area contributed by atoms with Crippen molar-refractivity contribution in [3.05, 3.63) is 12.7 Å². The molecule has 0 radical (unpaired) electrons. The van der Waals surface area contributed by atoms with Crippen LogP contribution >= 0.6 is 0 Å². The lowest BCUT2D eigenvalue weighted by atomic mass is 9.67. The molecule has 1 aliphatic heterocycles. The van der Waals surface area contributed by atoms with Crippen molar-refractivity contribution >= 4 is 5.97 Å². The second-order valence-electron chi connectivity index (χ2n) is 7.07. The van der Waals surface area contributed by atoms with Crippen LogP contribution in [0.3, 0.4) is 0 Å².